The molecule has 0 aliphatic rings. The van der Waals surface area contributed by atoms with Crippen LogP contribution >= 0.6 is 0 Å². The number of carboxylic acid groups (broad SMARTS) is 1. The van der Waals surface area contributed by atoms with Crippen LogP contribution in [0.3, 0.4) is 0 Å². The molecule has 6 nitrogen and oxygen atoms in total. The van der Waals surface area contributed by atoms with Gasteiger partial charge < -0.3 is 10.1 Å². The number of hydrogen-bond donors (Lipinski definition) is 2. The number of hydrogen-bond acceptors (Lipinski definition) is 3. The van der Waals surface area contributed by atoms with Crippen LogP contribution in [0.2, 0.25) is 0 Å². The van der Waals surface area contributed by atoms with Crippen LogP contribution in [0.25, 0.3) is 11.5 Å². The maximum Gasteiger partial charge on any atom is 0.356 e. The van der Waals surface area contributed by atoms with E-state index in [9.17, 15) is 4.79 Å². The third kappa shape index (κ3) is 1.50. The van der Waals surface area contributed by atoms with Gasteiger partial charge in [0.1, 0.15) is 5.69 Å². The van der Waals surface area contributed by atoms with E-state index in [4.69, 9.17) is 5.11 Å². The lowest BCUT2D eigenvalue weighted by Crippen LogP contribution is -1.99. The number of imidazole rings is 1. The number of aryl methyl sites for hydroxylation is 2. The summed E-state index contributed by atoms with van der Waals surface area (Å²) < 4.78 is 1.63. The highest BCUT2D eigenvalue weighted by molar-refractivity contribution is 5.87. The number of nitrogens with one attached hydrogen (secondary N) is 1. The van der Waals surface area contributed by atoms with E-state index >= 15 is 0 Å². The Morgan fingerprint density at radius 2 is 2.33 bits per heavy atom. The fraction of sp³-hybridized carbons (Fsp3) is 0.222. The fourth-order valence-electron chi connectivity index (χ4n) is 1.40. The van der Waals surface area contributed by atoms with Gasteiger partial charge in [0.05, 0.1) is 0 Å². The van der Waals surface area contributed by atoms with E-state index in [1.54, 1.807) is 30.9 Å². The summed E-state index contributed by atoms with van der Waals surface area (Å²) in [5, 5.41) is 12.8. The highest BCUT2D eigenvalue weighted by Gasteiger charge is 2.15. The third-order valence-electron chi connectivity index (χ3n) is 2.15. The predicted octanol–water partition coefficient (Wildman–Crippen LogP) is 0.817. The molecule has 2 aromatic heterocycles. The minimum Gasteiger partial charge on any atom is -0.476 e. The summed E-state index contributed by atoms with van der Waals surface area (Å²) in [6, 6.07) is 1.77. The summed E-state index contributed by atoms with van der Waals surface area (Å²) in [5.74, 6) is -0.512. The minimum atomic E-state index is -1.03. The van der Waals surface area contributed by atoms with Gasteiger partial charge in [-0.25, -0.2) is 9.78 Å². The molecule has 2 rings (SSSR count). The Bertz CT molecular complexity index is 512. The van der Waals surface area contributed by atoms with E-state index in [1.165, 1.54) is 0 Å². The Labute approximate surface area is 85.6 Å². The second-order valence-corrected chi connectivity index (χ2v) is 3.20. The van der Waals surface area contributed by atoms with Gasteiger partial charge in [0.25, 0.3) is 0 Å². The van der Waals surface area contributed by atoms with Crippen molar-refractivity contribution in [3.8, 4) is 11.5 Å². The first kappa shape index (κ1) is 9.45. The minimum absolute atomic E-state index is 0.0474. The third-order valence-corrected chi connectivity index (χ3v) is 2.15. The van der Waals surface area contributed by atoms with Crippen LogP contribution in [0.4, 0.5) is 0 Å². The average Bonchev–Trinajstić information content (AvgIpc) is 2.71. The Kier molecular flexibility index (Phi) is 2.03. The van der Waals surface area contributed by atoms with E-state index < -0.39 is 5.97 Å². The Morgan fingerprint density at radius 3 is 2.80 bits per heavy atom. The van der Waals surface area contributed by atoms with Gasteiger partial charge in [-0.3, -0.25) is 4.68 Å². The van der Waals surface area contributed by atoms with Crippen LogP contribution < -0.4 is 0 Å². The summed E-state index contributed by atoms with van der Waals surface area (Å²) in [7, 11) is 1.77. The number of aromatic carboxylic acids is 1. The molecule has 2 heterocycles. The molecule has 0 aromatic carbocycles. The summed E-state index contributed by atoms with van der Waals surface area (Å²) in [5.41, 5.74) is 1.34. The molecule has 0 amide bonds. The molecule has 0 aliphatic heterocycles. The first-order valence-electron chi connectivity index (χ1n) is 4.38. The summed E-state index contributed by atoms with van der Waals surface area (Å²) >= 11 is 0. The highest BCUT2D eigenvalue weighted by Crippen LogP contribution is 2.16. The number of H-pyrrole nitrogens is 1. The maximum absolute atomic E-state index is 10.8. The van der Waals surface area contributed by atoms with Gasteiger partial charge >= 0.3 is 5.97 Å². The molecule has 0 radical (unpaired) electrons. The molecule has 0 saturated carbocycles. The monoisotopic (exact) mass is 206 g/mol. The Balaban J connectivity index is 2.52. The summed E-state index contributed by atoms with van der Waals surface area (Å²) in [6.07, 6.45) is 1.63. The lowest BCUT2D eigenvalue weighted by Gasteiger charge is -1.95. The molecule has 0 fully saturated rings. The molecule has 78 valence electrons. The number of carbonyl (C=O) groups is 1. The summed E-state index contributed by atoms with van der Waals surface area (Å²) in [4.78, 5) is 17.7. The first-order chi connectivity index (χ1) is 7.09. The molecule has 0 saturated heterocycles. The van der Waals surface area contributed by atoms with Crippen molar-refractivity contribution in [2.45, 2.75) is 6.92 Å². The number of rotatable bonds is 2. The molecular weight excluding hydrogens is 196 g/mol. The van der Waals surface area contributed by atoms with Crippen molar-refractivity contribution >= 4 is 5.97 Å². The van der Waals surface area contributed by atoms with Crippen LogP contribution in [0.5, 0.6) is 0 Å². The summed E-state index contributed by atoms with van der Waals surface area (Å²) in [6.45, 7) is 1.68. The fourth-order valence-corrected chi connectivity index (χ4v) is 1.40. The average molecular weight is 206 g/mol. The first-order valence-corrected chi connectivity index (χ1v) is 4.38. The van der Waals surface area contributed by atoms with Crippen molar-refractivity contribution in [1.29, 1.82) is 0 Å². The predicted molar refractivity (Wildman–Crippen MR) is 52.5 cm³/mol. The van der Waals surface area contributed by atoms with Crippen molar-refractivity contribution in [2.24, 2.45) is 7.05 Å². The largest absolute Gasteiger partial charge is 0.476 e. The van der Waals surface area contributed by atoms with E-state index in [2.05, 4.69) is 15.1 Å². The molecule has 0 spiro atoms. The van der Waals surface area contributed by atoms with E-state index in [-0.39, 0.29) is 5.69 Å². The van der Waals surface area contributed by atoms with Crippen LogP contribution in [0.15, 0.2) is 12.3 Å². The van der Waals surface area contributed by atoms with Crippen molar-refractivity contribution in [2.75, 3.05) is 0 Å². The van der Waals surface area contributed by atoms with Crippen molar-refractivity contribution in [3.05, 3.63) is 23.7 Å². The number of nitrogens with zero attached hydrogens (tertiary/aromatic N) is 3. The molecule has 0 bridgehead atoms. The molecule has 0 aliphatic carbocycles. The molecule has 15 heavy (non-hydrogen) atoms. The van der Waals surface area contributed by atoms with Crippen LogP contribution in [-0.2, 0) is 7.05 Å². The normalized spacial score (nSPS) is 10.5. The smallest absolute Gasteiger partial charge is 0.356 e. The lowest BCUT2D eigenvalue weighted by atomic mass is 10.4. The second-order valence-electron chi connectivity index (χ2n) is 3.20. The van der Waals surface area contributed by atoms with Gasteiger partial charge in [-0.15, -0.1) is 0 Å². The van der Waals surface area contributed by atoms with Gasteiger partial charge in [-0.2, -0.15) is 5.10 Å². The number of aromatic nitrogens is 4. The lowest BCUT2D eigenvalue weighted by molar-refractivity contribution is 0.0690. The second kappa shape index (κ2) is 3.23. The Morgan fingerprint density at radius 1 is 1.60 bits per heavy atom. The van der Waals surface area contributed by atoms with Crippen molar-refractivity contribution < 1.29 is 9.90 Å². The Hall–Kier alpha value is -2.11. The molecule has 0 atom stereocenters. The highest BCUT2D eigenvalue weighted by atomic mass is 16.4. The topological polar surface area (TPSA) is 83.8 Å². The van der Waals surface area contributed by atoms with Gasteiger partial charge in [0.2, 0.25) is 0 Å². The van der Waals surface area contributed by atoms with Crippen molar-refractivity contribution in [3.63, 3.8) is 0 Å². The van der Waals surface area contributed by atoms with E-state index in [1.807, 2.05) is 0 Å². The van der Waals surface area contributed by atoms with Gasteiger partial charge in [0.15, 0.2) is 11.5 Å². The zero-order chi connectivity index (χ0) is 11.0. The van der Waals surface area contributed by atoms with Crippen LogP contribution in [0, 0.1) is 6.92 Å². The molecule has 2 N–H and O–H groups in total. The molecule has 0 unspecified atom stereocenters. The molecular formula is C9H10N4O2. The number of carboxylic acids is 1. The SMILES string of the molecule is Cc1[nH]c(-c2ccnn2C)nc1C(=O)O. The van der Waals surface area contributed by atoms with Gasteiger partial charge in [0, 0.05) is 18.9 Å². The molecule has 2 aromatic rings. The maximum atomic E-state index is 10.8. The van der Waals surface area contributed by atoms with Crippen LogP contribution in [-0.4, -0.2) is 30.8 Å². The molecule has 6 heteroatoms. The van der Waals surface area contributed by atoms with Gasteiger partial charge in [-0.05, 0) is 13.0 Å². The standard InChI is InChI=1S/C9H10N4O2/c1-5-7(9(14)15)12-8(11-5)6-3-4-10-13(6)2/h3-4H,1-2H3,(H,11,12)(H,14,15). The van der Waals surface area contributed by atoms with Gasteiger partial charge in [-0.1, -0.05) is 0 Å². The van der Waals surface area contributed by atoms with Crippen LogP contribution in [0.1, 0.15) is 16.2 Å². The van der Waals surface area contributed by atoms with E-state index in [0.29, 0.717) is 11.5 Å². The van der Waals surface area contributed by atoms with Crippen molar-refractivity contribution in [1.82, 2.24) is 19.7 Å². The quantitative estimate of drug-likeness (QED) is 0.761. The number of aromatic amines is 1. The zero-order valence-electron chi connectivity index (χ0n) is 8.35. The zero-order valence-corrected chi connectivity index (χ0v) is 8.35. The van der Waals surface area contributed by atoms with E-state index in [0.717, 1.165) is 5.69 Å².